The van der Waals surface area contributed by atoms with Crippen molar-refractivity contribution in [1.29, 1.82) is 0 Å². The average Bonchev–Trinajstić information content (AvgIpc) is 2.87. The van der Waals surface area contributed by atoms with Crippen LogP contribution in [-0.4, -0.2) is 5.91 Å². The molecular formula is C9H10BrNOS. The number of thiophene rings is 1. The zero-order valence-electron chi connectivity index (χ0n) is 7.05. The lowest BCUT2D eigenvalue weighted by Gasteiger charge is -2.00. The monoisotopic (exact) mass is 259 g/mol. The van der Waals surface area contributed by atoms with Crippen LogP contribution in [0.2, 0.25) is 0 Å². The Morgan fingerprint density at radius 2 is 2.46 bits per heavy atom. The van der Waals surface area contributed by atoms with Crippen molar-refractivity contribution in [2.75, 3.05) is 0 Å². The van der Waals surface area contributed by atoms with Gasteiger partial charge in [0.1, 0.15) is 0 Å². The highest BCUT2D eigenvalue weighted by Gasteiger charge is 2.29. The van der Waals surface area contributed by atoms with Crippen molar-refractivity contribution in [3.63, 3.8) is 0 Å². The number of hydrogen-bond acceptors (Lipinski definition) is 2. The molecule has 0 aromatic carbocycles. The summed E-state index contributed by atoms with van der Waals surface area (Å²) in [5.74, 6) is 0.518. The minimum atomic E-state index is 0.210. The molecule has 1 amide bonds. The first-order valence-corrected chi connectivity index (χ1v) is 5.93. The Hall–Kier alpha value is -0.350. The van der Waals surface area contributed by atoms with Crippen LogP contribution in [0.25, 0.3) is 0 Å². The van der Waals surface area contributed by atoms with Crippen LogP contribution in [0.15, 0.2) is 15.2 Å². The summed E-state index contributed by atoms with van der Waals surface area (Å²) >= 11 is 5.03. The molecule has 0 bridgehead atoms. The molecule has 2 rings (SSSR count). The predicted octanol–water partition coefficient (Wildman–Crippen LogP) is 2.54. The molecule has 0 unspecified atom stereocenters. The van der Waals surface area contributed by atoms with Crippen molar-refractivity contribution in [2.24, 2.45) is 5.92 Å². The number of amides is 1. The number of rotatable bonds is 3. The molecule has 1 saturated carbocycles. The molecule has 1 aromatic heterocycles. The number of carbonyl (C=O) groups excluding carboxylic acids is 1. The van der Waals surface area contributed by atoms with Crippen LogP contribution in [0.4, 0.5) is 0 Å². The van der Waals surface area contributed by atoms with Gasteiger partial charge in [-0.15, -0.1) is 11.3 Å². The Bertz CT molecular complexity index is 319. The molecule has 13 heavy (non-hydrogen) atoms. The Balaban J connectivity index is 1.81. The zero-order valence-corrected chi connectivity index (χ0v) is 9.45. The number of nitrogens with one attached hydrogen (secondary N) is 1. The molecule has 70 valence electrons. The molecule has 1 aliphatic carbocycles. The highest BCUT2D eigenvalue weighted by atomic mass is 79.9. The Morgan fingerprint density at radius 1 is 1.69 bits per heavy atom. The molecule has 0 aliphatic heterocycles. The van der Waals surface area contributed by atoms with Crippen LogP contribution in [0.3, 0.4) is 0 Å². The second-order valence-electron chi connectivity index (χ2n) is 3.25. The molecule has 0 radical (unpaired) electrons. The molecule has 1 aromatic rings. The van der Waals surface area contributed by atoms with Gasteiger partial charge < -0.3 is 5.32 Å². The third-order valence-electron chi connectivity index (χ3n) is 2.04. The Labute approximate surface area is 89.5 Å². The van der Waals surface area contributed by atoms with E-state index in [1.165, 1.54) is 5.56 Å². The second kappa shape index (κ2) is 3.80. The van der Waals surface area contributed by atoms with E-state index in [2.05, 4.69) is 26.6 Å². The molecule has 1 heterocycles. The fraction of sp³-hybridized carbons (Fsp3) is 0.444. The van der Waals surface area contributed by atoms with E-state index in [0.717, 1.165) is 16.6 Å². The van der Waals surface area contributed by atoms with E-state index in [4.69, 9.17) is 0 Å². The van der Waals surface area contributed by atoms with Crippen LogP contribution in [-0.2, 0) is 11.3 Å². The number of hydrogen-bond donors (Lipinski definition) is 1. The smallest absolute Gasteiger partial charge is 0.223 e. The first-order chi connectivity index (χ1) is 6.25. The SMILES string of the molecule is O=C(NCc1csc(Br)c1)C1CC1. The largest absolute Gasteiger partial charge is 0.352 e. The third kappa shape index (κ3) is 2.54. The summed E-state index contributed by atoms with van der Waals surface area (Å²) in [5.41, 5.74) is 1.17. The molecule has 0 saturated heterocycles. The van der Waals surface area contributed by atoms with Gasteiger partial charge in [0.2, 0.25) is 5.91 Å². The molecule has 4 heteroatoms. The van der Waals surface area contributed by atoms with E-state index in [1.54, 1.807) is 11.3 Å². The van der Waals surface area contributed by atoms with Crippen LogP contribution >= 0.6 is 27.3 Å². The maximum absolute atomic E-state index is 11.3. The van der Waals surface area contributed by atoms with Crippen molar-refractivity contribution in [2.45, 2.75) is 19.4 Å². The van der Waals surface area contributed by atoms with Crippen LogP contribution in [0.5, 0.6) is 0 Å². The van der Waals surface area contributed by atoms with E-state index in [0.29, 0.717) is 12.5 Å². The summed E-state index contributed by atoms with van der Waals surface area (Å²) in [7, 11) is 0. The summed E-state index contributed by atoms with van der Waals surface area (Å²) in [6.07, 6.45) is 2.14. The van der Waals surface area contributed by atoms with Gasteiger partial charge in [-0.2, -0.15) is 0 Å². The van der Waals surface area contributed by atoms with Crippen molar-refractivity contribution >= 4 is 33.2 Å². The molecule has 1 fully saturated rings. The minimum Gasteiger partial charge on any atom is -0.352 e. The minimum absolute atomic E-state index is 0.210. The van der Waals surface area contributed by atoms with Crippen LogP contribution in [0.1, 0.15) is 18.4 Å². The van der Waals surface area contributed by atoms with Crippen LogP contribution in [0, 0.1) is 5.92 Å². The van der Waals surface area contributed by atoms with Gasteiger partial charge in [0.05, 0.1) is 3.79 Å². The van der Waals surface area contributed by atoms with Crippen molar-refractivity contribution in [1.82, 2.24) is 5.32 Å². The van der Waals surface area contributed by atoms with Gasteiger partial charge in [-0.25, -0.2) is 0 Å². The summed E-state index contributed by atoms with van der Waals surface area (Å²) in [4.78, 5) is 11.3. The standard InChI is InChI=1S/C9H10BrNOS/c10-8-3-6(5-13-8)4-11-9(12)7-1-2-7/h3,5,7H,1-2,4H2,(H,11,12). The third-order valence-corrected chi connectivity index (χ3v) is 3.59. The normalized spacial score (nSPS) is 15.8. The Kier molecular flexibility index (Phi) is 2.69. The molecule has 0 atom stereocenters. The summed E-state index contributed by atoms with van der Waals surface area (Å²) in [6.45, 7) is 0.664. The number of carbonyl (C=O) groups is 1. The van der Waals surface area contributed by atoms with Crippen molar-refractivity contribution in [3.05, 3.63) is 20.8 Å². The lowest BCUT2D eigenvalue weighted by molar-refractivity contribution is -0.122. The molecule has 1 N–H and O–H groups in total. The zero-order chi connectivity index (χ0) is 9.26. The highest BCUT2D eigenvalue weighted by Crippen LogP contribution is 2.29. The van der Waals surface area contributed by atoms with E-state index in [1.807, 2.05) is 6.07 Å². The van der Waals surface area contributed by atoms with Crippen LogP contribution < -0.4 is 5.32 Å². The first-order valence-electron chi connectivity index (χ1n) is 4.26. The van der Waals surface area contributed by atoms with Gasteiger partial charge in [-0.3, -0.25) is 4.79 Å². The molecule has 1 aliphatic rings. The summed E-state index contributed by atoms with van der Waals surface area (Å²) in [5, 5.41) is 4.97. The first kappa shape index (κ1) is 9.21. The van der Waals surface area contributed by atoms with Gasteiger partial charge in [-0.05, 0) is 45.8 Å². The van der Waals surface area contributed by atoms with E-state index in [-0.39, 0.29) is 5.91 Å². The maximum atomic E-state index is 11.3. The molecule has 0 spiro atoms. The van der Waals surface area contributed by atoms with Gasteiger partial charge in [0.25, 0.3) is 0 Å². The van der Waals surface area contributed by atoms with Crippen molar-refractivity contribution in [3.8, 4) is 0 Å². The van der Waals surface area contributed by atoms with Gasteiger partial charge >= 0.3 is 0 Å². The molecule has 2 nitrogen and oxygen atoms in total. The topological polar surface area (TPSA) is 29.1 Å². The fourth-order valence-corrected chi connectivity index (χ4v) is 2.33. The second-order valence-corrected chi connectivity index (χ2v) is 5.54. The van der Waals surface area contributed by atoms with Crippen molar-refractivity contribution < 1.29 is 4.79 Å². The maximum Gasteiger partial charge on any atom is 0.223 e. The van der Waals surface area contributed by atoms with E-state index in [9.17, 15) is 4.79 Å². The summed E-state index contributed by atoms with van der Waals surface area (Å²) in [6, 6.07) is 2.04. The fourth-order valence-electron chi connectivity index (χ4n) is 1.12. The lowest BCUT2D eigenvalue weighted by Crippen LogP contribution is -2.23. The molecular weight excluding hydrogens is 250 g/mol. The summed E-state index contributed by atoms with van der Waals surface area (Å²) < 4.78 is 1.11. The predicted molar refractivity (Wildman–Crippen MR) is 56.6 cm³/mol. The lowest BCUT2D eigenvalue weighted by atomic mass is 10.3. The Morgan fingerprint density at radius 3 is 3.00 bits per heavy atom. The average molecular weight is 260 g/mol. The number of halogens is 1. The van der Waals surface area contributed by atoms with Gasteiger partial charge in [0, 0.05) is 12.5 Å². The quantitative estimate of drug-likeness (QED) is 0.889. The highest BCUT2D eigenvalue weighted by molar-refractivity contribution is 9.11. The van der Waals surface area contributed by atoms with Gasteiger partial charge in [-0.1, -0.05) is 0 Å². The van der Waals surface area contributed by atoms with E-state index < -0.39 is 0 Å². The van der Waals surface area contributed by atoms with Gasteiger partial charge in [0.15, 0.2) is 0 Å². The van der Waals surface area contributed by atoms with E-state index >= 15 is 0 Å².